The standard InChI is InChI=1S/C21H21ClN4S2/c22-18-11-10-17(28-18)20-19(16-9-4-5-12-24-16)25-21(27)26(20)14-6-13-23-15-7-2-1-3-8-15/h1-5,7-12,19-20,23H,6,13-14H2,(H,25,27)/t19-,20+/m1/s1. The first-order valence-electron chi connectivity index (χ1n) is 9.24. The van der Waals surface area contributed by atoms with Crippen LogP contribution in [0.25, 0.3) is 0 Å². The smallest absolute Gasteiger partial charge is 0.170 e. The van der Waals surface area contributed by atoms with Crippen molar-refractivity contribution in [1.29, 1.82) is 0 Å². The minimum absolute atomic E-state index is 0.0190. The molecule has 1 aliphatic heterocycles. The van der Waals surface area contributed by atoms with Crippen molar-refractivity contribution in [3.63, 3.8) is 0 Å². The summed E-state index contributed by atoms with van der Waals surface area (Å²) in [7, 11) is 0. The normalized spacial score (nSPS) is 18.9. The predicted octanol–water partition coefficient (Wildman–Crippen LogP) is 5.27. The maximum atomic E-state index is 6.23. The molecule has 28 heavy (non-hydrogen) atoms. The van der Waals surface area contributed by atoms with E-state index in [0.717, 1.165) is 40.3 Å². The Morgan fingerprint density at radius 2 is 1.93 bits per heavy atom. The lowest BCUT2D eigenvalue weighted by Crippen LogP contribution is -2.31. The first-order valence-corrected chi connectivity index (χ1v) is 10.8. The molecule has 0 unspecified atom stereocenters. The molecule has 3 aromatic rings. The van der Waals surface area contributed by atoms with Gasteiger partial charge in [-0.05, 0) is 55.0 Å². The molecular formula is C21H21ClN4S2. The molecule has 1 saturated heterocycles. The zero-order valence-electron chi connectivity index (χ0n) is 15.2. The van der Waals surface area contributed by atoms with Crippen LogP contribution in [0.5, 0.6) is 0 Å². The Morgan fingerprint density at radius 3 is 2.64 bits per heavy atom. The number of thiocarbonyl (C=S) groups is 1. The maximum Gasteiger partial charge on any atom is 0.170 e. The molecule has 4 rings (SSSR count). The van der Waals surface area contributed by atoms with Crippen molar-refractivity contribution < 1.29 is 0 Å². The number of hydrogen-bond donors (Lipinski definition) is 2. The molecule has 0 amide bonds. The second-order valence-electron chi connectivity index (χ2n) is 6.61. The maximum absolute atomic E-state index is 6.23. The van der Waals surface area contributed by atoms with Gasteiger partial charge in [-0.25, -0.2) is 0 Å². The number of hydrogen-bond acceptors (Lipinski definition) is 4. The lowest BCUT2D eigenvalue weighted by Gasteiger charge is -2.27. The molecule has 3 heterocycles. The number of thiophene rings is 1. The molecule has 2 atom stereocenters. The van der Waals surface area contributed by atoms with E-state index < -0.39 is 0 Å². The van der Waals surface area contributed by atoms with Gasteiger partial charge in [0.25, 0.3) is 0 Å². The Morgan fingerprint density at radius 1 is 1.11 bits per heavy atom. The number of nitrogens with one attached hydrogen (secondary N) is 2. The molecule has 0 radical (unpaired) electrons. The van der Waals surface area contributed by atoms with Crippen LogP contribution in [-0.4, -0.2) is 28.1 Å². The second-order valence-corrected chi connectivity index (χ2v) is 8.74. The van der Waals surface area contributed by atoms with Crippen LogP contribution in [0.15, 0.2) is 66.9 Å². The molecule has 0 bridgehead atoms. The highest BCUT2D eigenvalue weighted by Gasteiger charge is 2.40. The van der Waals surface area contributed by atoms with Crippen molar-refractivity contribution in [1.82, 2.24) is 15.2 Å². The molecule has 7 heteroatoms. The summed E-state index contributed by atoms with van der Waals surface area (Å²) in [5, 5.41) is 7.71. The van der Waals surface area contributed by atoms with E-state index in [1.165, 1.54) is 4.88 Å². The van der Waals surface area contributed by atoms with Gasteiger partial charge >= 0.3 is 0 Å². The van der Waals surface area contributed by atoms with Crippen molar-refractivity contribution in [2.24, 2.45) is 0 Å². The fraction of sp³-hybridized carbons (Fsp3) is 0.238. The Balaban J connectivity index is 1.48. The summed E-state index contributed by atoms with van der Waals surface area (Å²) < 4.78 is 0.790. The van der Waals surface area contributed by atoms with E-state index >= 15 is 0 Å². The number of rotatable bonds is 7. The van der Waals surface area contributed by atoms with Crippen molar-refractivity contribution in [2.75, 3.05) is 18.4 Å². The quantitative estimate of drug-likeness (QED) is 0.396. The summed E-state index contributed by atoms with van der Waals surface area (Å²) in [5.41, 5.74) is 2.13. The van der Waals surface area contributed by atoms with Crippen LogP contribution in [0.2, 0.25) is 4.34 Å². The molecule has 0 spiro atoms. The third kappa shape index (κ3) is 4.29. The van der Waals surface area contributed by atoms with Gasteiger partial charge in [-0.3, -0.25) is 4.98 Å². The van der Waals surface area contributed by atoms with Gasteiger partial charge in [0, 0.05) is 29.9 Å². The molecule has 0 aliphatic carbocycles. The Kier molecular flexibility index (Phi) is 6.10. The summed E-state index contributed by atoms with van der Waals surface area (Å²) in [4.78, 5) is 8.02. The van der Waals surface area contributed by atoms with E-state index in [0.29, 0.717) is 0 Å². The zero-order chi connectivity index (χ0) is 19.3. The average Bonchev–Trinajstić information content (AvgIpc) is 3.29. The third-order valence-electron chi connectivity index (χ3n) is 4.76. The number of anilines is 1. The fourth-order valence-electron chi connectivity index (χ4n) is 3.48. The zero-order valence-corrected chi connectivity index (χ0v) is 17.6. The van der Waals surface area contributed by atoms with E-state index in [-0.39, 0.29) is 12.1 Å². The fourth-order valence-corrected chi connectivity index (χ4v) is 5.02. The summed E-state index contributed by atoms with van der Waals surface area (Å²) in [6.07, 6.45) is 2.80. The molecule has 144 valence electrons. The van der Waals surface area contributed by atoms with Crippen LogP contribution in [-0.2, 0) is 0 Å². The first kappa shape index (κ1) is 19.2. The predicted molar refractivity (Wildman–Crippen MR) is 121 cm³/mol. The first-order chi connectivity index (χ1) is 13.7. The van der Waals surface area contributed by atoms with Crippen LogP contribution in [0.1, 0.15) is 29.1 Å². The second kappa shape index (κ2) is 8.90. The highest BCUT2D eigenvalue weighted by molar-refractivity contribution is 7.80. The number of benzene rings is 1. The molecule has 1 fully saturated rings. The SMILES string of the molecule is S=C1N[C@H](c2ccccn2)[C@H](c2ccc(Cl)s2)N1CCCNc1ccccc1. The van der Waals surface area contributed by atoms with E-state index in [9.17, 15) is 0 Å². The highest BCUT2D eigenvalue weighted by Crippen LogP contribution is 2.42. The summed E-state index contributed by atoms with van der Waals surface area (Å²) in [6.45, 7) is 1.74. The van der Waals surface area contributed by atoms with Crippen molar-refractivity contribution >= 4 is 46.0 Å². The minimum Gasteiger partial charge on any atom is -0.385 e. The molecule has 1 aliphatic rings. The van der Waals surface area contributed by atoms with Gasteiger partial charge in [-0.1, -0.05) is 35.9 Å². The van der Waals surface area contributed by atoms with Crippen LogP contribution >= 0.6 is 35.2 Å². The molecule has 4 nitrogen and oxygen atoms in total. The van der Waals surface area contributed by atoms with E-state index in [1.807, 2.05) is 48.7 Å². The largest absolute Gasteiger partial charge is 0.385 e. The number of nitrogens with zero attached hydrogens (tertiary/aromatic N) is 2. The summed E-state index contributed by atoms with van der Waals surface area (Å²) in [6, 6.07) is 20.4. The number of para-hydroxylation sites is 1. The van der Waals surface area contributed by atoms with Crippen molar-refractivity contribution in [3.05, 3.63) is 81.8 Å². The van der Waals surface area contributed by atoms with Gasteiger partial charge in [0.05, 0.1) is 22.1 Å². The van der Waals surface area contributed by atoms with Crippen molar-refractivity contribution in [3.8, 4) is 0 Å². The molecular weight excluding hydrogens is 408 g/mol. The van der Waals surface area contributed by atoms with Crippen LogP contribution < -0.4 is 10.6 Å². The topological polar surface area (TPSA) is 40.2 Å². The monoisotopic (exact) mass is 428 g/mol. The van der Waals surface area contributed by atoms with Crippen LogP contribution in [0.3, 0.4) is 0 Å². The highest BCUT2D eigenvalue weighted by atomic mass is 35.5. The van der Waals surface area contributed by atoms with Gasteiger partial charge in [0.2, 0.25) is 0 Å². The third-order valence-corrected chi connectivity index (χ3v) is 6.42. The van der Waals surface area contributed by atoms with Crippen LogP contribution in [0, 0.1) is 0 Å². The van der Waals surface area contributed by atoms with E-state index in [1.54, 1.807) is 11.3 Å². The van der Waals surface area contributed by atoms with Gasteiger partial charge in [0.1, 0.15) is 0 Å². The number of pyridine rings is 1. The Bertz CT molecular complexity index is 916. The van der Waals surface area contributed by atoms with E-state index in [4.69, 9.17) is 23.8 Å². The molecule has 2 aromatic heterocycles. The van der Waals surface area contributed by atoms with Crippen LogP contribution in [0.4, 0.5) is 5.69 Å². The van der Waals surface area contributed by atoms with E-state index in [2.05, 4.69) is 38.7 Å². The Labute approximate surface area is 179 Å². The average molecular weight is 429 g/mol. The van der Waals surface area contributed by atoms with Gasteiger partial charge in [0.15, 0.2) is 5.11 Å². The summed E-state index contributed by atoms with van der Waals surface area (Å²) >= 11 is 13.5. The lowest BCUT2D eigenvalue weighted by atomic mass is 10.0. The minimum atomic E-state index is 0.0190. The van der Waals surface area contributed by atoms with Gasteiger partial charge in [-0.2, -0.15) is 0 Å². The number of aromatic nitrogens is 1. The van der Waals surface area contributed by atoms with Crippen molar-refractivity contribution in [2.45, 2.75) is 18.5 Å². The number of halogens is 1. The lowest BCUT2D eigenvalue weighted by molar-refractivity contribution is 0.321. The van der Waals surface area contributed by atoms with Gasteiger partial charge < -0.3 is 15.5 Å². The summed E-state index contributed by atoms with van der Waals surface area (Å²) in [5.74, 6) is 0. The molecule has 1 aromatic carbocycles. The molecule has 0 saturated carbocycles. The Hall–Kier alpha value is -2.15. The molecule has 2 N–H and O–H groups in total. The van der Waals surface area contributed by atoms with Gasteiger partial charge in [-0.15, -0.1) is 11.3 Å².